The highest BCUT2D eigenvalue weighted by atomic mass is 16.5. The van der Waals surface area contributed by atoms with Crippen LogP contribution in [0.4, 0.5) is 0 Å². The molecule has 0 aliphatic rings. The summed E-state index contributed by atoms with van der Waals surface area (Å²) in [6, 6.07) is 20.3. The Balaban J connectivity index is 1.63. The highest BCUT2D eigenvalue weighted by Crippen LogP contribution is 2.21. The number of fused-ring (bicyclic) bond motifs is 1. The quantitative estimate of drug-likeness (QED) is 0.543. The normalized spacial score (nSPS) is 12.6. The molecule has 0 aromatic heterocycles. The van der Waals surface area contributed by atoms with Gasteiger partial charge in [-0.15, -0.1) is 0 Å². The van der Waals surface area contributed by atoms with Crippen LogP contribution in [0.25, 0.3) is 10.8 Å². The number of phenolic OH excluding ortho intramolecular Hbond substituents is 1. The predicted octanol–water partition coefficient (Wildman–Crippen LogP) is 3.85. The fourth-order valence-corrected chi connectivity index (χ4v) is 2.50. The second-order valence-corrected chi connectivity index (χ2v) is 5.99. The first-order valence-electron chi connectivity index (χ1n) is 8.32. The first-order chi connectivity index (χ1) is 12.5. The van der Waals surface area contributed by atoms with Crippen molar-refractivity contribution in [2.24, 2.45) is 5.10 Å². The third kappa shape index (κ3) is 4.19. The van der Waals surface area contributed by atoms with E-state index in [1.54, 1.807) is 38.1 Å². The lowest BCUT2D eigenvalue weighted by atomic mass is 10.1. The van der Waals surface area contributed by atoms with E-state index in [0.717, 1.165) is 16.3 Å². The van der Waals surface area contributed by atoms with Crippen LogP contribution in [0.3, 0.4) is 0 Å². The van der Waals surface area contributed by atoms with Crippen LogP contribution in [0.15, 0.2) is 71.8 Å². The van der Waals surface area contributed by atoms with Crippen LogP contribution < -0.4 is 10.2 Å². The van der Waals surface area contributed by atoms with Crippen LogP contribution in [0, 0.1) is 0 Å². The molecule has 0 heterocycles. The average Bonchev–Trinajstić information content (AvgIpc) is 2.66. The number of phenols is 1. The lowest BCUT2D eigenvalue weighted by Crippen LogP contribution is -2.33. The minimum atomic E-state index is -0.687. The van der Waals surface area contributed by atoms with Crippen molar-refractivity contribution in [3.05, 3.63) is 72.3 Å². The molecule has 5 nitrogen and oxygen atoms in total. The summed E-state index contributed by atoms with van der Waals surface area (Å²) >= 11 is 0. The van der Waals surface area contributed by atoms with E-state index < -0.39 is 6.10 Å². The minimum Gasteiger partial charge on any atom is -0.508 e. The molecule has 1 atom stereocenters. The molecule has 0 radical (unpaired) electrons. The summed E-state index contributed by atoms with van der Waals surface area (Å²) in [5.41, 5.74) is 3.96. The fourth-order valence-electron chi connectivity index (χ4n) is 2.50. The predicted molar refractivity (Wildman–Crippen MR) is 102 cm³/mol. The van der Waals surface area contributed by atoms with Gasteiger partial charge in [-0.05, 0) is 66.6 Å². The molecule has 1 amide bonds. The largest absolute Gasteiger partial charge is 0.508 e. The van der Waals surface area contributed by atoms with Crippen LogP contribution >= 0.6 is 0 Å². The summed E-state index contributed by atoms with van der Waals surface area (Å²) in [6.45, 7) is 3.46. The number of rotatable bonds is 5. The Morgan fingerprint density at radius 3 is 2.46 bits per heavy atom. The molecule has 2 N–H and O–H groups in total. The van der Waals surface area contributed by atoms with Crippen LogP contribution in [0.5, 0.6) is 11.5 Å². The van der Waals surface area contributed by atoms with Crippen molar-refractivity contribution in [3.8, 4) is 11.5 Å². The van der Waals surface area contributed by atoms with Gasteiger partial charge in [0.05, 0.1) is 5.71 Å². The summed E-state index contributed by atoms with van der Waals surface area (Å²) in [6.07, 6.45) is -0.687. The first-order valence-corrected chi connectivity index (χ1v) is 8.32. The summed E-state index contributed by atoms with van der Waals surface area (Å²) < 4.78 is 5.72. The smallest absolute Gasteiger partial charge is 0.280 e. The zero-order valence-electron chi connectivity index (χ0n) is 14.6. The van der Waals surface area contributed by atoms with Gasteiger partial charge in [0.15, 0.2) is 6.10 Å². The van der Waals surface area contributed by atoms with E-state index in [1.807, 2.05) is 42.5 Å². The molecule has 0 saturated carbocycles. The minimum absolute atomic E-state index is 0.183. The van der Waals surface area contributed by atoms with E-state index in [9.17, 15) is 9.90 Å². The molecule has 3 aromatic rings. The molecular formula is C21H20N2O3. The van der Waals surface area contributed by atoms with Gasteiger partial charge in [-0.25, -0.2) is 5.43 Å². The van der Waals surface area contributed by atoms with Gasteiger partial charge in [0, 0.05) is 0 Å². The Labute approximate surface area is 151 Å². The standard InChI is InChI=1S/C21H20N2O3/c1-14(16-7-10-19(24)11-8-16)22-23-21(25)15(2)26-20-12-9-17-5-3-4-6-18(17)13-20/h3-13,15,24H,1-2H3,(H,23,25)/b22-14+. The topological polar surface area (TPSA) is 70.9 Å². The maximum atomic E-state index is 12.2. The molecule has 5 heteroatoms. The number of carbonyl (C=O) groups is 1. The van der Waals surface area contributed by atoms with Crippen molar-refractivity contribution in [2.75, 3.05) is 0 Å². The molecule has 3 aromatic carbocycles. The fraction of sp³-hybridized carbons (Fsp3) is 0.143. The van der Waals surface area contributed by atoms with Crippen molar-refractivity contribution in [1.29, 1.82) is 0 Å². The number of ether oxygens (including phenoxy) is 1. The van der Waals surface area contributed by atoms with E-state index in [1.165, 1.54) is 0 Å². The third-order valence-electron chi connectivity index (χ3n) is 4.02. The van der Waals surface area contributed by atoms with Gasteiger partial charge >= 0.3 is 0 Å². The van der Waals surface area contributed by atoms with Gasteiger partial charge < -0.3 is 9.84 Å². The van der Waals surface area contributed by atoms with Crippen molar-refractivity contribution in [1.82, 2.24) is 5.43 Å². The molecule has 132 valence electrons. The van der Waals surface area contributed by atoms with E-state index >= 15 is 0 Å². The number of nitrogens with zero attached hydrogens (tertiary/aromatic N) is 1. The van der Waals surface area contributed by atoms with Gasteiger partial charge in [-0.2, -0.15) is 5.10 Å². The zero-order valence-corrected chi connectivity index (χ0v) is 14.6. The van der Waals surface area contributed by atoms with Crippen molar-refractivity contribution in [2.45, 2.75) is 20.0 Å². The van der Waals surface area contributed by atoms with Crippen molar-refractivity contribution >= 4 is 22.4 Å². The van der Waals surface area contributed by atoms with Gasteiger partial charge in [0.25, 0.3) is 5.91 Å². The lowest BCUT2D eigenvalue weighted by Gasteiger charge is -2.14. The number of amides is 1. The Morgan fingerprint density at radius 1 is 1.04 bits per heavy atom. The van der Waals surface area contributed by atoms with Gasteiger partial charge in [-0.3, -0.25) is 4.79 Å². The van der Waals surface area contributed by atoms with Crippen LogP contribution in [0.1, 0.15) is 19.4 Å². The molecular weight excluding hydrogens is 328 g/mol. The Kier molecular flexibility index (Phi) is 5.17. The summed E-state index contributed by atoms with van der Waals surface area (Å²) in [7, 11) is 0. The first kappa shape index (κ1) is 17.5. The number of benzene rings is 3. The number of carbonyl (C=O) groups excluding carboxylic acids is 1. The van der Waals surface area contributed by atoms with E-state index in [2.05, 4.69) is 10.5 Å². The molecule has 26 heavy (non-hydrogen) atoms. The van der Waals surface area contributed by atoms with Gasteiger partial charge in [0.2, 0.25) is 0 Å². The average molecular weight is 348 g/mol. The SMILES string of the molecule is C/C(=N\NC(=O)C(C)Oc1ccc2ccccc2c1)c1ccc(O)cc1. The second-order valence-electron chi connectivity index (χ2n) is 5.99. The van der Waals surface area contributed by atoms with E-state index in [-0.39, 0.29) is 11.7 Å². The van der Waals surface area contributed by atoms with Gasteiger partial charge in [-0.1, -0.05) is 30.3 Å². The molecule has 0 aliphatic carbocycles. The zero-order chi connectivity index (χ0) is 18.5. The van der Waals surface area contributed by atoms with Crippen LogP contribution in [-0.4, -0.2) is 22.8 Å². The molecule has 3 rings (SSSR count). The number of nitrogens with one attached hydrogen (secondary N) is 1. The summed E-state index contributed by atoms with van der Waals surface area (Å²) in [5, 5.41) is 15.6. The second kappa shape index (κ2) is 7.70. The van der Waals surface area contributed by atoms with Gasteiger partial charge in [0.1, 0.15) is 11.5 Å². The number of aromatic hydroxyl groups is 1. The molecule has 0 spiro atoms. The molecule has 0 aliphatic heterocycles. The Morgan fingerprint density at radius 2 is 1.73 bits per heavy atom. The monoisotopic (exact) mass is 348 g/mol. The lowest BCUT2D eigenvalue weighted by molar-refractivity contribution is -0.127. The maximum absolute atomic E-state index is 12.2. The Hall–Kier alpha value is -3.34. The van der Waals surface area contributed by atoms with Crippen molar-refractivity contribution in [3.63, 3.8) is 0 Å². The van der Waals surface area contributed by atoms with E-state index in [4.69, 9.17) is 4.74 Å². The highest BCUT2D eigenvalue weighted by molar-refractivity contribution is 5.99. The molecule has 0 saturated heterocycles. The van der Waals surface area contributed by atoms with E-state index in [0.29, 0.717) is 11.5 Å². The molecule has 1 unspecified atom stereocenters. The molecule has 0 fully saturated rings. The molecule has 0 bridgehead atoms. The summed E-state index contributed by atoms with van der Waals surface area (Å²) in [5.74, 6) is 0.477. The number of hydrogen-bond acceptors (Lipinski definition) is 4. The highest BCUT2D eigenvalue weighted by Gasteiger charge is 2.14. The number of hydrazone groups is 1. The van der Waals surface area contributed by atoms with Crippen LogP contribution in [0.2, 0.25) is 0 Å². The van der Waals surface area contributed by atoms with Crippen molar-refractivity contribution < 1.29 is 14.6 Å². The van der Waals surface area contributed by atoms with Crippen LogP contribution in [-0.2, 0) is 4.79 Å². The number of hydrogen-bond donors (Lipinski definition) is 2. The summed E-state index contributed by atoms with van der Waals surface area (Å²) in [4.78, 5) is 12.2. The third-order valence-corrected chi connectivity index (χ3v) is 4.02. The Bertz CT molecular complexity index is 949. The maximum Gasteiger partial charge on any atom is 0.280 e.